The fourth-order valence-corrected chi connectivity index (χ4v) is 8.69. The van der Waals surface area contributed by atoms with Gasteiger partial charge in [-0.3, -0.25) is 28.1 Å². The number of nitrogen functional groups attached to an aromatic ring is 1. The van der Waals surface area contributed by atoms with Gasteiger partial charge < -0.3 is 74.1 Å². The van der Waals surface area contributed by atoms with Crippen molar-refractivity contribution in [3.05, 3.63) is 48.5 Å². The molecule has 0 bridgehead atoms. The number of carbonyl (C=O) groups is 3. The van der Waals surface area contributed by atoms with E-state index >= 15 is 0 Å². The van der Waals surface area contributed by atoms with Gasteiger partial charge in [0.15, 0.2) is 17.7 Å². The summed E-state index contributed by atoms with van der Waals surface area (Å²) in [6.07, 6.45) is -8.80. The molecule has 2 amide bonds. The van der Waals surface area contributed by atoms with Crippen molar-refractivity contribution < 1.29 is 85.6 Å². The number of anilines is 1. The number of hydrogen-bond acceptors (Lipinski definition) is 23. The Morgan fingerprint density at radius 2 is 1.69 bits per heavy atom. The van der Waals surface area contributed by atoms with Crippen molar-refractivity contribution >= 4 is 69.1 Å². The number of nitrogens with zero attached hydrogens (tertiary/aromatic N) is 4. The number of amides is 2. The lowest BCUT2D eigenvalue weighted by atomic mass is 9.87. The Kier molecular flexibility index (Phi) is 16.8. The van der Waals surface area contributed by atoms with Crippen LogP contribution in [-0.4, -0.2) is 114 Å². The number of aromatic nitrogens is 4. The Hall–Kier alpha value is -3.26. The summed E-state index contributed by atoms with van der Waals surface area (Å²) in [4.78, 5) is 96.4. The molecule has 29 heteroatoms. The molecule has 1 aliphatic rings. The van der Waals surface area contributed by atoms with E-state index in [-0.39, 0.29) is 48.7 Å². The third kappa shape index (κ3) is 14.4. The lowest BCUT2D eigenvalue weighted by Crippen LogP contribution is -2.46. The second kappa shape index (κ2) is 20.5. The molecule has 0 aliphatic carbocycles. The molecule has 3 aromatic rings. The van der Waals surface area contributed by atoms with Crippen LogP contribution >= 0.6 is 35.2 Å². The van der Waals surface area contributed by atoms with Gasteiger partial charge >= 0.3 is 0 Å². The molecule has 3 heterocycles. The number of benzene rings is 1. The zero-order valence-corrected chi connectivity index (χ0v) is 34.5. The van der Waals surface area contributed by atoms with Crippen molar-refractivity contribution in [2.24, 2.45) is 5.41 Å². The smallest absolute Gasteiger partial charge is 0.274 e. The lowest BCUT2D eigenvalue weighted by Gasteiger charge is -2.36. The van der Waals surface area contributed by atoms with Crippen molar-refractivity contribution in [1.29, 1.82) is 0 Å². The van der Waals surface area contributed by atoms with Gasteiger partial charge in [0.05, 0.1) is 27.4 Å². The molecule has 2 aromatic heterocycles. The van der Waals surface area contributed by atoms with Crippen LogP contribution in [0.3, 0.4) is 0 Å². The molecule has 25 nitrogen and oxygen atoms in total. The minimum absolute atomic E-state index is 0.0280. The fourth-order valence-electron chi connectivity index (χ4n) is 5.28. The van der Waals surface area contributed by atoms with Crippen LogP contribution in [0.15, 0.2) is 43.0 Å². The number of phosphoric ester groups is 3. The first-order chi connectivity index (χ1) is 27.5. The van der Waals surface area contributed by atoms with E-state index in [9.17, 15) is 63.0 Å². The normalized spacial score (nSPS) is 21.6. The molecular formula is C30H40N7O18P3S-4. The van der Waals surface area contributed by atoms with Crippen LogP contribution in [0.4, 0.5) is 5.82 Å². The molecule has 4 rings (SSSR count). The lowest BCUT2D eigenvalue weighted by molar-refractivity contribution is -0.347. The topological polar surface area (TPSA) is 395 Å². The van der Waals surface area contributed by atoms with Gasteiger partial charge in [0.2, 0.25) is 16.9 Å². The number of aliphatic hydroxyl groups is 3. The van der Waals surface area contributed by atoms with Crippen LogP contribution in [0.1, 0.15) is 32.1 Å². The van der Waals surface area contributed by atoms with Crippen LogP contribution in [0.5, 0.6) is 0 Å². The fraction of sp³-hybridized carbons (Fsp3) is 0.533. The summed E-state index contributed by atoms with van der Waals surface area (Å²) in [5.41, 5.74) is 4.81. The third-order valence-electron chi connectivity index (χ3n) is 8.27. The predicted octanol–water partition coefficient (Wildman–Crippen LogP) is -3.26. The maximum atomic E-state index is 12.6. The first kappa shape index (κ1) is 48.4. The molecule has 0 saturated carbocycles. The Morgan fingerprint density at radius 1 is 1.02 bits per heavy atom. The largest absolute Gasteiger partial charge is 0.790 e. The van der Waals surface area contributed by atoms with Crippen molar-refractivity contribution in [3.63, 3.8) is 0 Å². The van der Waals surface area contributed by atoms with E-state index in [1.54, 1.807) is 30.3 Å². The Balaban J connectivity index is 1.20. The SMILES string of the molecule is CC(C)(COP(=O)([O-])OP(=O)([O-])OC[C@H]1O[C@@H](n2cnc3c(N)ncnc32)[C@H](O)[C@@H]1OP(=O)([O-])[O-])[C@@H](O)C(=O)NCCC(=O)NCCSC(=O)[C@H](O)Cc1ccccc1. The molecule has 7 N–H and O–H groups in total. The molecular weight excluding hydrogens is 871 g/mol. The van der Waals surface area contributed by atoms with E-state index in [0.717, 1.165) is 34.5 Å². The average molecular weight is 912 g/mol. The summed E-state index contributed by atoms with van der Waals surface area (Å²) in [7, 11) is -17.6. The molecule has 1 saturated heterocycles. The van der Waals surface area contributed by atoms with Gasteiger partial charge in [-0.1, -0.05) is 55.9 Å². The summed E-state index contributed by atoms with van der Waals surface area (Å²) in [5.74, 6) is -1.48. The van der Waals surface area contributed by atoms with Gasteiger partial charge in [-0.2, -0.15) is 0 Å². The molecule has 0 radical (unpaired) electrons. The first-order valence-electron chi connectivity index (χ1n) is 17.2. The molecule has 59 heavy (non-hydrogen) atoms. The van der Waals surface area contributed by atoms with Gasteiger partial charge in [0.1, 0.15) is 42.4 Å². The number of thioether (sulfide) groups is 1. The number of carbonyl (C=O) groups excluding carboxylic acids is 3. The van der Waals surface area contributed by atoms with Gasteiger partial charge in [-0.25, -0.2) is 19.3 Å². The standard InChI is InChI=1S/C30H44N7O18P3S/c1-30(2,24(41)27(42)33-9-8-20(39)32-10-11-59-29(43)18(38)12-17-6-4-3-5-7-17)14-52-58(49,50)55-57(47,48)51-13-19-23(54-56(44,45)46)22(40)28(53-19)37-16-36-21-25(31)34-15-35-26(21)37/h3-7,15-16,18-19,22-24,28,38,40-41H,8-14H2,1-2H3,(H,32,39)(H,33,42)(H,47,48)(H,49,50)(H2,31,34,35)(H2,44,45,46)/p-4/t18-,19-,22-,23-,24+,28-/m1/s1. The number of fused-ring (bicyclic) bond motifs is 1. The second-order valence-corrected chi connectivity index (χ2v) is 18.5. The molecule has 2 unspecified atom stereocenters. The number of aliphatic hydroxyl groups excluding tert-OH is 3. The van der Waals surface area contributed by atoms with Crippen molar-refractivity contribution in [2.45, 2.75) is 63.4 Å². The van der Waals surface area contributed by atoms with Gasteiger partial charge in [0, 0.05) is 37.1 Å². The van der Waals surface area contributed by atoms with Crippen LogP contribution in [0.2, 0.25) is 0 Å². The predicted molar refractivity (Wildman–Crippen MR) is 194 cm³/mol. The average Bonchev–Trinajstić information content (AvgIpc) is 3.71. The maximum absolute atomic E-state index is 12.6. The molecule has 0 spiro atoms. The van der Waals surface area contributed by atoms with Crippen molar-refractivity contribution in [2.75, 3.05) is 37.8 Å². The number of imidazole rings is 1. The zero-order valence-electron chi connectivity index (χ0n) is 31.0. The third-order valence-corrected chi connectivity index (χ3v) is 12.2. The maximum Gasteiger partial charge on any atom is 0.274 e. The molecule has 328 valence electrons. The minimum atomic E-state index is -5.93. The molecule has 1 aromatic carbocycles. The highest BCUT2D eigenvalue weighted by Crippen LogP contribution is 2.56. The van der Waals surface area contributed by atoms with Crippen LogP contribution in [0, 0.1) is 5.41 Å². The quantitative estimate of drug-likeness (QED) is 0.0425. The number of hydrogen-bond donors (Lipinski definition) is 6. The highest BCUT2D eigenvalue weighted by Gasteiger charge is 2.47. The number of phosphoric acid groups is 3. The minimum Gasteiger partial charge on any atom is -0.790 e. The van der Waals surface area contributed by atoms with Gasteiger partial charge in [0.25, 0.3) is 15.6 Å². The second-order valence-electron chi connectivity index (χ2n) is 13.4. The van der Waals surface area contributed by atoms with E-state index in [0.29, 0.717) is 0 Å². The van der Waals surface area contributed by atoms with Crippen LogP contribution in [-0.2, 0) is 57.1 Å². The van der Waals surface area contributed by atoms with Crippen molar-refractivity contribution in [1.82, 2.24) is 30.2 Å². The number of ether oxygens (including phenoxy) is 1. The Morgan fingerprint density at radius 3 is 2.37 bits per heavy atom. The summed E-state index contributed by atoms with van der Waals surface area (Å²) in [6, 6.07) is 8.90. The van der Waals surface area contributed by atoms with Gasteiger partial charge in [-0.05, 0) is 5.56 Å². The number of rotatable bonds is 22. The highest BCUT2D eigenvalue weighted by atomic mass is 32.2. The monoisotopic (exact) mass is 911 g/mol. The molecule has 8 atom stereocenters. The van der Waals surface area contributed by atoms with E-state index in [4.69, 9.17) is 10.5 Å². The van der Waals surface area contributed by atoms with Crippen LogP contribution in [0.25, 0.3) is 11.2 Å². The summed E-state index contributed by atoms with van der Waals surface area (Å²) in [6.45, 7) is -0.130. The van der Waals surface area contributed by atoms with Gasteiger partial charge in [-0.15, -0.1) is 0 Å². The first-order valence-corrected chi connectivity index (χ1v) is 22.6. The summed E-state index contributed by atoms with van der Waals surface area (Å²) in [5, 5.41) is 35.8. The Bertz CT molecular complexity index is 2080. The number of nitrogens with two attached hydrogens (primary N) is 1. The summed E-state index contributed by atoms with van der Waals surface area (Å²) >= 11 is 0.836. The Labute approximate surface area is 339 Å². The molecule has 1 fully saturated rings. The van der Waals surface area contributed by atoms with Crippen LogP contribution < -0.4 is 35.9 Å². The number of nitrogens with one attached hydrogen (secondary N) is 2. The van der Waals surface area contributed by atoms with E-state index < -0.39 is 95.8 Å². The van der Waals surface area contributed by atoms with E-state index in [1.807, 2.05) is 0 Å². The molecule has 1 aliphatic heterocycles. The van der Waals surface area contributed by atoms with Crippen molar-refractivity contribution in [3.8, 4) is 0 Å². The highest BCUT2D eigenvalue weighted by molar-refractivity contribution is 8.13. The summed E-state index contributed by atoms with van der Waals surface area (Å²) < 4.78 is 60.5. The zero-order chi connectivity index (χ0) is 43.8. The van der Waals surface area contributed by atoms with E-state index in [2.05, 4.69) is 43.5 Å². The van der Waals surface area contributed by atoms with E-state index in [1.165, 1.54) is 13.8 Å².